The van der Waals surface area contributed by atoms with Crippen LogP contribution < -0.4 is 26.4 Å². The SMILES string of the molecule is Cn1c(=O)c2c(nc(N3CCN(C(=O)N4CCC(CN5CCN(c6ccc7c(c6)C(=O)N(C6CCC(=O)NC6=O)C7=O)CC5)CC4)CC3)n2Cc2nnc(-c3ccc(Cl)c(Cl)c3)o2)n(C)c1=O. The first-order valence-electron chi connectivity index (χ1n) is 22.3. The van der Waals surface area contributed by atoms with Crippen LogP contribution in [0.15, 0.2) is 50.4 Å². The Bertz CT molecular complexity index is 2980. The zero-order valence-corrected chi connectivity index (χ0v) is 38.3. The topological polar surface area (TPSA) is 218 Å². The van der Waals surface area contributed by atoms with Gasteiger partial charge in [0.25, 0.3) is 17.4 Å². The molecular formula is C44H47Cl2N13O8. The zero-order chi connectivity index (χ0) is 46.8. The molecule has 5 aromatic rings. The van der Waals surface area contributed by atoms with Crippen LogP contribution in [0, 0.1) is 5.92 Å². The van der Waals surface area contributed by atoms with Gasteiger partial charge < -0.3 is 24.0 Å². The molecular weight excluding hydrogens is 909 g/mol. The number of hydrogen-bond donors (Lipinski definition) is 1. The number of amides is 6. The number of aryl methyl sites for hydroxylation is 1. The van der Waals surface area contributed by atoms with E-state index >= 15 is 0 Å². The maximum Gasteiger partial charge on any atom is 0.332 e. The van der Waals surface area contributed by atoms with E-state index in [1.165, 1.54) is 11.6 Å². The first-order chi connectivity index (χ1) is 32.2. The summed E-state index contributed by atoms with van der Waals surface area (Å²) in [6, 6.07) is 9.19. The number of nitrogens with zero attached hydrogens (tertiary/aromatic N) is 12. The van der Waals surface area contributed by atoms with E-state index < -0.39 is 40.9 Å². The van der Waals surface area contributed by atoms with Crippen molar-refractivity contribution in [3.05, 3.63) is 84.3 Å². The lowest BCUT2D eigenvalue weighted by Crippen LogP contribution is -2.55. The number of urea groups is 1. The average molecular weight is 957 g/mol. The minimum atomic E-state index is -1.00. The molecule has 0 saturated carbocycles. The summed E-state index contributed by atoms with van der Waals surface area (Å²) in [5.41, 5.74) is 1.34. The van der Waals surface area contributed by atoms with Crippen LogP contribution >= 0.6 is 23.2 Å². The molecule has 0 radical (unpaired) electrons. The van der Waals surface area contributed by atoms with Gasteiger partial charge in [0, 0.05) is 104 Å². The molecule has 350 valence electrons. The van der Waals surface area contributed by atoms with Crippen molar-refractivity contribution in [2.45, 2.75) is 38.3 Å². The van der Waals surface area contributed by atoms with E-state index in [0.29, 0.717) is 66.7 Å². The second-order valence-corrected chi connectivity index (χ2v) is 18.5. The number of benzene rings is 2. The molecule has 0 bridgehead atoms. The lowest BCUT2D eigenvalue weighted by atomic mass is 9.96. The van der Waals surface area contributed by atoms with Crippen LogP contribution in [0.25, 0.3) is 22.6 Å². The number of carbonyl (C=O) groups is 5. The summed E-state index contributed by atoms with van der Waals surface area (Å²) in [7, 11) is 2.98. The highest BCUT2D eigenvalue weighted by molar-refractivity contribution is 6.42. The fourth-order valence-corrected chi connectivity index (χ4v) is 10.1. The van der Waals surface area contributed by atoms with Gasteiger partial charge in [-0.05, 0) is 61.6 Å². The predicted octanol–water partition coefficient (Wildman–Crippen LogP) is 2.02. The second-order valence-electron chi connectivity index (χ2n) is 17.7. The highest BCUT2D eigenvalue weighted by Crippen LogP contribution is 2.33. The fraction of sp³-hybridized carbons (Fsp3) is 0.455. The summed E-state index contributed by atoms with van der Waals surface area (Å²) in [5.74, 6) is -0.782. The monoisotopic (exact) mass is 955 g/mol. The van der Waals surface area contributed by atoms with Crippen molar-refractivity contribution >= 4 is 75.7 Å². The first kappa shape index (κ1) is 44.3. The van der Waals surface area contributed by atoms with E-state index in [-0.39, 0.29) is 59.5 Å². The van der Waals surface area contributed by atoms with Gasteiger partial charge in [-0.2, -0.15) is 4.98 Å². The Morgan fingerprint density at radius 1 is 0.761 bits per heavy atom. The Hall–Kier alpha value is -6.58. The van der Waals surface area contributed by atoms with Gasteiger partial charge in [-0.1, -0.05) is 23.2 Å². The highest BCUT2D eigenvalue weighted by Gasteiger charge is 2.45. The van der Waals surface area contributed by atoms with Gasteiger partial charge in [0.2, 0.25) is 29.5 Å². The summed E-state index contributed by atoms with van der Waals surface area (Å²) >= 11 is 12.3. The molecule has 1 atom stereocenters. The largest absolute Gasteiger partial charge is 0.419 e. The number of anilines is 2. The van der Waals surface area contributed by atoms with E-state index in [2.05, 4.69) is 25.3 Å². The molecule has 4 saturated heterocycles. The van der Waals surface area contributed by atoms with Gasteiger partial charge in [0.05, 0.1) is 21.2 Å². The molecule has 10 rings (SSSR count). The number of aromatic nitrogens is 6. The minimum Gasteiger partial charge on any atom is -0.419 e. The van der Waals surface area contributed by atoms with E-state index in [0.717, 1.165) is 60.7 Å². The summed E-state index contributed by atoms with van der Waals surface area (Å²) in [6.07, 6.45) is 1.95. The number of hydrogen-bond acceptors (Lipinski definition) is 14. The van der Waals surface area contributed by atoms with Crippen molar-refractivity contribution in [3.8, 4) is 11.5 Å². The standard InChI is InChI=1S/C44H47Cl2N13O8/c1-51-36-35(41(64)52(2)43(51)65)58(24-34-49-50-38(67-34)26-3-6-30(45)31(46)21-26)42(48-36)55-17-19-57(20-18-55)44(66)56-11-9-25(10-12-56)23-53-13-15-54(16-14-53)27-4-5-28-29(22-27)40(63)59(39(28)62)32-7-8-33(60)47-37(32)61/h3-6,21-22,25,32H,7-20,23-24H2,1-2H3,(H,47,60,61). The molecule has 0 aliphatic carbocycles. The molecule has 21 nitrogen and oxygen atoms in total. The van der Waals surface area contributed by atoms with Crippen LogP contribution in [0.2, 0.25) is 10.0 Å². The van der Waals surface area contributed by atoms with Crippen LogP contribution in [0.3, 0.4) is 0 Å². The Kier molecular flexibility index (Phi) is 11.6. The van der Waals surface area contributed by atoms with Gasteiger partial charge >= 0.3 is 11.7 Å². The van der Waals surface area contributed by atoms with Crippen molar-refractivity contribution in [2.24, 2.45) is 20.0 Å². The number of piperidine rings is 2. The number of fused-ring (bicyclic) bond motifs is 2. The summed E-state index contributed by atoms with van der Waals surface area (Å²) < 4.78 is 10.1. The smallest absolute Gasteiger partial charge is 0.332 e. The number of carbonyl (C=O) groups excluding carboxylic acids is 5. The average Bonchev–Trinajstić information content (AvgIpc) is 4.03. The van der Waals surface area contributed by atoms with Crippen LogP contribution in [0.4, 0.5) is 16.4 Å². The molecule has 23 heteroatoms. The fourth-order valence-electron chi connectivity index (χ4n) is 9.84. The number of likely N-dealkylation sites (tertiary alicyclic amines) is 1. The number of nitrogens with one attached hydrogen (secondary N) is 1. The predicted molar refractivity (Wildman–Crippen MR) is 244 cm³/mol. The van der Waals surface area contributed by atoms with E-state index in [9.17, 15) is 33.6 Å². The number of halogens is 2. The van der Waals surface area contributed by atoms with Crippen molar-refractivity contribution in [1.29, 1.82) is 0 Å². The summed E-state index contributed by atoms with van der Waals surface area (Å²) in [4.78, 5) is 107. The maximum absolute atomic E-state index is 13.9. The van der Waals surface area contributed by atoms with Crippen molar-refractivity contribution in [2.75, 3.05) is 81.8 Å². The third-order valence-electron chi connectivity index (χ3n) is 13.6. The molecule has 1 N–H and O–H groups in total. The van der Waals surface area contributed by atoms with Crippen molar-refractivity contribution in [3.63, 3.8) is 0 Å². The van der Waals surface area contributed by atoms with Gasteiger partial charge in [-0.25, -0.2) is 9.59 Å². The molecule has 1 unspecified atom stereocenters. The Balaban J connectivity index is 0.729. The van der Waals surface area contributed by atoms with Gasteiger partial charge in [-0.3, -0.25) is 52.8 Å². The molecule has 2 aromatic carbocycles. The van der Waals surface area contributed by atoms with E-state index in [1.807, 2.05) is 20.8 Å². The Morgan fingerprint density at radius 3 is 2.18 bits per heavy atom. The molecule has 6 amide bonds. The molecule has 5 aliphatic rings. The molecule has 4 fully saturated rings. The molecule has 5 aliphatic heterocycles. The minimum absolute atomic E-state index is 0.00747. The quantitative estimate of drug-likeness (QED) is 0.220. The Labute approximate surface area is 392 Å². The Morgan fingerprint density at radius 2 is 1.46 bits per heavy atom. The van der Waals surface area contributed by atoms with Crippen LogP contribution in [0.1, 0.15) is 52.3 Å². The van der Waals surface area contributed by atoms with E-state index in [1.54, 1.807) is 41.9 Å². The normalized spacial score (nSPS) is 19.8. The summed E-state index contributed by atoms with van der Waals surface area (Å²) in [6.45, 7) is 7.08. The van der Waals surface area contributed by atoms with Crippen LogP contribution in [0.5, 0.6) is 0 Å². The molecule has 0 spiro atoms. The molecule has 8 heterocycles. The van der Waals surface area contributed by atoms with Crippen molar-refractivity contribution in [1.82, 2.24) is 53.8 Å². The first-order valence-corrected chi connectivity index (χ1v) is 23.1. The summed E-state index contributed by atoms with van der Waals surface area (Å²) in [5, 5.41) is 11.4. The number of piperazine rings is 2. The third-order valence-corrected chi connectivity index (χ3v) is 14.4. The zero-order valence-electron chi connectivity index (χ0n) is 36.8. The van der Waals surface area contributed by atoms with Gasteiger partial charge in [0.15, 0.2) is 11.2 Å². The second kappa shape index (κ2) is 17.6. The van der Waals surface area contributed by atoms with E-state index in [4.69, 9.17) is 32.6 Å². The number of rotatable bonds is 8. The molecule has 3 aromatic heterocycles. The number of imidazole rings is 1. The molecule has 67 heavy (non-hydrogen) atoms. The van der Waals surface area contributed by atoms with Gasteiger partial charge in [-0.15, -0.1) is 10.2 Å². The lowest BCUT2D eigenvalue weighted by Gasteiger charge is -2.41. The number of imide groups is 2. The lowest BCUT2D eigenvalue weighted by molar-refractivity contribution is -0.136. The van der Waals surface area contributed by atoms with Crippen LogP contribution in [-0.2, 0) is 30.2 Å². The highest BCUT2D eigenvalue weighted by atomic mass is 35.5. The van der Waals surface area contributed by atoms with Crippen LogP contribution in [-0.4, -0.2) is 156 Å². The van der Waals surface area contributed by atoms with Gasteiger partial charge in [0.1, 0.15) is 12.6 Å². The van der Waals surface area contributed by atoms with Crippen molar-refractivity contribution < 1.29 is 28.4 Å². The maximum atomic E-state index is 13.9. The third kappa shape index (κ3) is 8.11.